The van der Waals surface area contributed by atoms with Crippen molar-refractivity contribution < 1.29 is 8.42 Å². The monoisotopic (exact) mass is 260 g/mol. The van der Waals surface area contributed by atoms with E-state index in [0.29, 0.717) is 11.3 Å². The highest BCUT2D eigenvalue weighted by molar-refractivity contribution is 8.13. The molecule has 1 aliphatic carbocycles. The van der Waals surface area contributed by atoms with Crippen LogP contribution in [0, 0.1) is 0 Å². The first-order valence-electron chi connectivity index (χ1n) is 5.32. The van der Waals surface area contributed by atoms with Crippen molar-refractivity contribution in [2.45, 2.75) is 27.2 Å². The van der Waals surface area contributed by atoms with Crippen molar-refractivity contribution in [2.24, 2.45) is 0 Å². The highest BCUT2D eigenvalue weighted by Gasteiger charge is 2.15. The van der Waals surface area contributed by atoms with Gasteiger partial charge in [-0.1, -0.05) is 37.6 Å². The summed E-state index contributed by atoms with van der Waals surface area (Å²) in [6.45, 7) is 5.96. The Labute approximate surface area is 103 Å². The number of rotatable bonds is 3. The first-order valence-corrected chi connectivity index (χ1v) is 8.36. The summed E-state index contributed by atoms with van der Waals surface area (Å²) in [7, 11) is -3.05. The van der Waals surface area contributed by atoms with E-state index in [4.69, 9.17) is 0 Å². The fraction of sp³-hybridized carbons (Fsp3) is 0.500. The van der Waals surface area contributed by atoms with Crippen molar-refractivity contribution >= 4 is 21.6 Å². The van der Waals surface area contributed by atoms with Crippen LogP contribution in [0.15, 0.2) is 34.8 Å². The Hall–Kier alpha value is -0.480. The second-order valence-electron chi connectivity index (χ2n) is 3.17. The van der Waals surface area contributed by atoms with Gasteiger partial charge in [-0.3, -0.25) is 0 Å². The summed E-state index contributed by atoms with van der Waals surface area (Å²) in [5, 5.41) is 0.166. The van der Waals surface area contributed by atoms with Gasteiger partial charge in [-0.2, -0.15) is 0 Å². The van der Waals surface area contributed by atoms with Gasteiger partial charge in [0.1, 0.15) is 0 Å². The zero-order valence-electron chi connectivity index (χ0n) is 10.4. The fourth-order valence-corrected chi connectivity index (χ4v) is 3.64. The van der Waals surface area contributed by atoms with Gasteiger partial charge in [0.05, 0.1) is 5.08 Å². The molecule has 1 aliphatic rings. The minimum Gasteiger partial charge on any atom is -0.223 e. The first kappa shape index (κ1) is 15.5. The van der Waals surface area contributed by atoms with Crippen LogP contribution in [-0.2, 0) is 9.84 Å². The molecule has 0 bridgehead atoms. The molecule has 1 rings (SSSR count). The SMILES string of the molecule is CC.CSCS(=O)(=O)C1=CC=C(C)C=CC1. The van der Waals surface area contributed by atoms with Crippen LogP contribution >= 0.6 is 11.8 Å². The van der Waals surface area contributed by atoms with Gasteiger partial charge in [0.2, 0.25) is 0 Å². The topological polar surface area (TPSA) is 34.1 Å². The maximum atomic E-state index is 11.7. The van der Waals surface area contributed by atoms with E-state index >= 15 is 0 Å². The highest BCUT2D eigenvalue weighted by Crippen LogP contribution is 2.19. The number of hydrogen-bond acceptors (Lipinski definition) is 3. The quantitative estimate of drug-likeness (QED) is 0.778. The lowest BCUT2D eigenvalue weighted by molar-refractivity contribution is 0.605. The Morgan fingerprint density at radius 1 is 1.31 bits per heavy atom. The van der Waals surface area contributed by atoms with Gasteiger partial charge in [0, 0.05) is 11.3 Å². The summed E-state index contributed by atoms with van der Waals surface area (Å²) < 4.78 is 23.4. The van der Waals surface area contributed by atoms with Gasteiger partial charge in [0.15, 0.2) is 9.84 Å². The maximum Gasteiger partial charge on any atom is 0.184 e. The molecule has 0 aromatic rings. The summed E-state index contributed by atoms with van der Waals surface area (Å²) in [6.07, 6.45) is 9.70. The third-order valence-electron chi connectivity index (χ3n) is 1.90. The van der Waals surface area contributed by atoms with Crippen LogP contribution in [0.1, 0.15) is 27.2 Å². The molecule has 0 fully saturated rings. The van der Waals surface area contributed by atoms with E-state index in [-0.39, 0.29) is 5.08 Å². The molecule has 0 aromatic carbocycles. The molecule has 4 heteroatoms. The Balaban J connectivity index is 0.00000106. The van der Waals surface area contributed by atoms with E-state index in [1.165, 1.54) is 11.8 Å². The van der Waals surface area contributed by atoms with Gasteiger partial charge >= 0.3 is 0 Å². The Kier molecular flexibility index (Phi) is 7.51. The molecule has 0 saturated heterocycles. The van der Waals surface area contributed by atoms with E-state index in [1.54, 1.807) is 12.3 Å². The lowest BCUT2D eigenvalue weighted by atomic mass is 10.3. The van der Waals surface area contributed by atoms with Crippen LogP contribution in [0.2, 0.25) is 0 Å². The predicted octanol–water partition coefficient (Wildman–Crippen LogP) is 3.54. The lowest BCUT2D eigenvalue weighted by Gasteiger charge is -2.03. The predicted molar refractivity (Wildman–Crippen MR) is 74.2 cm³/mol. The average Bonchev–Trinajstić information content (AvgIpc) is 2.46. The molecule has 0 heterocycles. The third-order valence-corrected chi connectivity index (χ3v) is 5.19. The van der Waals surface area contributed by atoms with Crippen LogP contribution in [0.4, 0.5) is 0 Å². The molecule has 0 saturated carbocycles. The smallest absolute Gasteiger partial charge is 0.184 e. The van der Waals surface area contributed by atoms with E-state index in [1.807, 2.05) is 39.0 Å². The van der Waals surface area contributed by atoms with Crippen molar-refractivity contribution in [3.05, 3.63) is 34.8 Å². The van der Waals surface area contributed by atoms with Crippen molar-refractivity contribution in [1.82, 2.24) is 0 Å². The van der Waals surface area contributed by atoms with Crippen molar-refractivity contribution in [3.63, 3.8) is 0 Å². The van der Waals surface area contributed by atoms with Gasteiger partial charge in [0.25, 0.3) is 0 Å². The number of sulfone groups is 1. The number of hydrogen-bond donors (Lipinski definition) is 0. The lowest BCUT2D eigenvalue weighted by Crippen LogP contribution is -2.05. The minimum atomic E-state index is -3.05. The summed E-state index contributed by atoms with van der Waals surface area (Å²) in [6, 6.07) is 0. The molecule has 0 spiro atoms. The van der Waals surface area contributed by atoms with E-state index < -0.39 is 9.84 Å². The maximum absolute atomic E-state index is 11.7. The molecule has 2 nitrogen and oxygen atoms in total. The van der Waals surface area contributed by atoms with Crippen molar-refractivity contribution in [2.75, 3.05) is 11.3 Å². The molecule has 0 radical (unpaired) electrons. The highest BCUT2D eigenvalue weighted by atomic mass is 32.3. The number of allylic oxidation sites excluding steroid dienone is 6. The van der Waals surface area contributed by atoms with E-state index in [9.17, 15) is 8.42 Å². The van der Waals surface area contributed by atoms with Crippen molar-refractivity contribution in [3.8, 4) is 0 Å². The number of thioether (sulfide) groups is 1. The molecule has 0 amide bonds. The Morgan fingerprint density at radius 3 is 2.50 bits per heavy atom. The van der Waals surface area contributed by atoms with Gasteiger partial charge in [-0.15, -0.1) is 11.8 Å². The average molecular weight is 260 g/mol. The minimum absolute atomic E-state index is 0.166. The molecule has 0 aromatic heterocycles. The third kappa shape index (κ3) is 5.03. The Bertz CT molecular complexity index is 387. The van der Waals surface area contributed by atoms with Crippen LogP contribution in [-0.4, -0.2) is 19.8 Å². The van der Waals surface area contributed by atoms with Crippen LogP contribution in [0.5, 0.6) is 0 Å². The zero-order valence-corrected chi connectivity index (χ0v) is 12.0. The van der Waals surface area contributed by atoms with E-state index in [2.05, 4.69) is 0 Å². The summed E-state index contributed by atoms with van der Waals surface area (Å²) in [5.74, 6) is 0. The Morgan fingerprint density at radius 2 is 1.94 bits per heavy atom. The van der Waals surface area contributed by atoms with Gasteiger partial charge in [-0.05, 0) is 19.3 Å². The van der Waals surface area contributed by atoms with E-state index in [0.717, 1.165) is 5.57 Å². The van der Waals surface area contributed by atoms with Crippen LogP contribution in [0.25, 0.3) is 0 Å². The standard InChI is InChI=1S/C10H14O2S2.C2H6/c1-9-4-3-5-10(7-6-9)14(11,12)8-13-2;1-2/h3-4,6-7H,5,8H2,1-2H3;1-2H3. The fourth-order valence-electron chi connectivity index (χ4n) is 1.17. The summed E-state index contributed by atoms with van der Waals surface area (Å²) in [5.41, 5.74) is 1.08. The largest absolute Gasteiger partial charge is 0.223 e. The molecular formula is C12H20O2S2. The molecular weight excluding hydrogens is 240 g/mol. The van der Waals surface area contributed by atoms with Gasteiger partial charge < -0.3 is 0 Å². The van der Waals surface area contributed by atoms with Crippen LogP contribution < -0.4 is 0 Å². The molecule has 0 unspecified atom stereocenters. The summed E-state index contributed by atoms with van der Waals surface area (Å²) in [4.78, 5) is 0.514. The second-order valence-corrected chi connectivity index (χ2v) is 6.45. The first-order chi connectivity index (χ1) is 7.56. The summed E-state index contributed by atoms with van der Waals surface area (Å²) >= 11 is 1.34. The van der Waals surface area contributed by atoms with Crippen molar-refractivity contribution in [1.29, 1.82) is 0 Å². The molecule has 0 N–H and O–H groups in total. The molecule has 92 valence electrons. The van der Waals surface area contributed by atoms with Gasteiger partial charge in [-0.25, -0.2) is 8.42 Å². The molecule has 16 heavy (non-hydrogen) atoms. The zero-order chi connectivity index (χ0) is 12.6. The van der Waals surface area contributed by atoms with Crippen LogP contribution in [0.3, 0.4) is 0 Å². The normalized spacial score (nSPS) is 15.5. The second kappa shape index (κ2) is 7.74. The molecule has 0 aliphatic heterocycles. The molecule has 0 atom stereocenters.